The number of fused-ring (bicyclic) bond motifs is 1. The van der Waals surface area contributed by atoms with Crippen molar-refractivity contribution in [3.05, 3.63) is 34.3 Å². The van der Waals surface area contributed by atoms with Crippen LogP contribution in [0.25, 0.3) is 0 Å². The van der Waals surface area contributed by atoms with E-state index in [0.717, 1.165) is 29.8 Å². The van der Waals surface area contributed by atoms with Gasteiger partial charge in [-0.05, 0) is 73.2 Å². The van der Waals surface area contributed by atoms with Crippen LogP contribution < -0.4 is 5.73 Å². The SMILES string of the molecule is NCCC1CC(C2CC2)c2ccc(Cl)cc21. The van der Waals surface area contributed by atoms with Gasteiger partial charge >= 0.3 is 0 Å². The summed E-state index contributed by atoms with van der Waals surface area (Å²) in [4.78, 5) is 0. The average molecular weight is 236 g/mol. The van der Waals surface area contributed by atoms with Crippen LogP contribution in [0.5, 0.6) is 0 Å². The summed E-state index contributed by atoms with van der Waals surface area (Å²) in [5, 5.41) is 0.872. The number of nitrogens with two attached hydrogens (primary N) is 1. The van der Waals surface area contributed by atoms with Crippen molar-refractivity contribution in [3.63, 3.8) is 0 Å². The van der Waals surface area contributed by atoms with Crippen molar-refractivity contribution in [2.45, 2.75) is 37.5 Å². The third-order valence-corrected chi connectivity index (χ3v) is 4.37. The van der Waals surface area contributed by atoms with Gasteiger partial charge in [-0.15, -0.1) is 0 Å². The van der Waals surface area contributed by atoms with E-state index in [-0.39, 0.29) is 0 Å². The van der Waals surface area contributed by atoms with Crippen molar-refractivity contribution in [1.29, 1.82) is 0 Å². The maximum Gasteiger partial charge on any atom is 0.0409 e. The van der Waals surface area contributed by atoms with Crippen molar-refractivity contribution < 1.29 is 0 Å². The first-order chi connectivity index (χ1) is 7.79. The minimum Gasteiger partial charge on any atom is -0.330 e. The van der Waals surface area contributed by atoms with Crippen molar-refractivity contribution in [2.75, 3.05) is 6.54 Å². The predicted octanol–water partition coefficient (Wildman–Crippen LogP) is 3.67. The van der Waals surface area contributed by atoms with E-state index in [0.29, 0.717) is 5.92 Å². The van der Waals surface area contributed by atoms with Crippen molar-refractivity contribution in [1.82, 2.24) is 0 Å². The first-order valence-corrected chi connectivity index (χ1v) is 6.67. The zero-order chi connectivity index (χ0) is 11.1. The highest BCUT2D eigenvalue weighted by molar-refractivity contribution is 6.30. The summed E-state index contributed by atoms with van der Waals surface area (Å²) in [5.74, 6) is 2.40. The Labute approximate surface area is 102 Å². The number of halogens is 1. The van der Waals surface area contributed by atoms with Gasteiger partial charge in [-0.2, -0.15) is 0 Å². The topological polar surface area (TPSA) is 26.0 Å². The molecule has 0 amide bonds. The molecule has 2 aliphatic rings. The molecule has 1 aromatic carbocycles. The van der Waals surface area contributed by atoms with E-state index in [9.17, 15) is 0 Å². The van der Waals surface area contributed by atoms with E-state index in [1.54, 1.807) is 5.56 Å². The molecular weight excluding hydrogens is 218 g/mol. The molecule has 0 aromatic heterocycles. The third-order valence-electron chi connectivity index (χ3n) is 4.13. The summed E-state index contributed by atoms with van der Waals surface area (Å²) in [6.07, 6.45) is 5.25. The Bertz CT molecular complexity index is 398. The molecular formula is C14H18ClN. The van der Waals surface area contributed by atoms with Gasteiger partial charge in [0.25, 0.3) is 0 Å². The second kappa shape index (κ2) is 4.05. The molecule has 2 aliphatic carbocycles. The van der Waals surface area contributed by atoms with E-state index in [2.05, 4.69) is 12.1 Å². The van der Waals surface area contributed by atoms with Crippen LogP contribution >= 0.6 is 11.6 Å². The van der Waals surface area contributed by atoms with Crippen molar-refractivity contribution in [3.8, 4) is 0 Å². The Morgan fingerprint density at radius 3 is 2.75 bits per heavy atom. The fourth-order valence-electron chi connectivity index (χ4n) is 3.22. The monoisotopic (exact) mass is 235 g/mol. The Morgan fingerprint density at radius 1 is 1.25 bits per heavy atom. The first kappa shape index (κ1) is 10.6. The van der Waals surface area contributed by atoms with E-state index in [1.165, 1.54) is 24.8 Å². The van der Waals surface area contributed by atoms with Gasteiger partial charge in [0.2, 0.25) is 0 Å². The summed E-state index contributed by atoms with van der Waals surface area (Å²) < 4.78 is 0. The second-order valence-corrected chi connectivity index (χ2v) is 5.66. The minimum absolute atomic E-state index is 0.657. The van der Waals surface area contributed by atoms with Crippen LogP contribution in [-0.4, -0.2) is 6.54 Å². The molecule has 1 aromatic rings. The molecule has 86 valence electrons. The van der Waals surface area contributed by atoms with E-state index >= 15 is 0 Å². The molecule has 16 heavy (non-hydrogen) atoms. The summed E-state index contributed by atoms with van der Waals surface area (Å²) >= 11 is 6.10. The summed E-state index contributed by atoms with van der Waals surface area (Å²) in [5.41, 5.74) is 8.75. The molecule has 1 fully saturated rings. The Morgan fingerprint density at radius 2 is 2.06 bits per heavy atom. The van der Waals surface area contributed by atoms with Crippen LogP contribution in [0.4, 0.5) is 0 Å². The van der Waals surface area contributed by atoms with Crippen LogP contribution in [0.2, 0.25) is 5.02 Å². The Hall–Kier alpha value is -0.530. The van der Waals surface area contributed by atoms with Crippen LogP contribution in [0.1, 0.15) is 48.6 Å². The fourth-order valence-corrected chi connectivity index (χ4v) is 3.40. The maximum absolute atomic E-state index is 6.10. The Kier molecular flexibility index (Phi) is 2.68. The number of hydrogen-bond donors (Lipinski definition) is 1. The van der Waals surface area contributed by atoms with Gasteiger partial charge in [-0.3, -0.25) is 0 Å². The van der Waals surface area contributed by atoms with Gasteiger partial charge in [0, 0.05) is 5.02 Å². The lowest BCUT2D eigenvalue weighted by atomic mass is 9.95. The summed E-state index contributed by atoms with van der Waals surface area (Å²) in [7, 11) is 0. The zero-order valence-electron chi connectivity index (χ0n) is 9.45. The molecule has 0 radical (unpaired) electrons. The fraction of sp³-hybridized carbons (Fsp3) is 0.571. The molecule has 1 saturated carbocycles. The molecule has 0 heterocycles. The molecule has 0 bridgehead atoms. The van der Waals surface area contributed by atoms with Gasteiger partial charge < -0.3 is 5.73 Å². The zero-order valence-corrected chi connectivity index (χ0v) is 10.2. The number of benzene rings is 1. The van der Waals surface area contributed by atoms with E-state index < -0.39 is 0 Å². The van der Waals surface area contributed by atoms with E-state index in [4.69, 9.17) is 17.3 Å². The quantitative estimate of drug-likeness (QED) is 0.850. The molecule has 2 heteroatoms. The normalized spacial score (nSPS) is 28.1. The van der Waals surface area contributed by atoms with Crippen molar-refractivity contribution in [2.24, 2.45) is 11.7 Å². The van der Waals surface area contributed by atoms with Crippen LogP contribution in [0.15, 0.2) is 18.2 Å². The lowest BCUT2D eigenvalue weighted by Gasteiger charge is -2.10. The molecule has 0 aliphatic heterocycles. The largest absolute Gasteiger partial charge is 0.330 e. The standard InChI is InChI=1S/C14H18ClN/c15-11-3-4-12-13(9-1-2-9)7-10(5-6-16)14(12)8-11/h3-4,8-10,13H,1-2,5-7,16H2. The van der Waals surface area contributed by atoms with Crippen LogP contribution in [0.3, 0.4) is 0 Å². The highest BCUT2D eigenvalue weighted by Crippen LogP contribution is 2.54. The minimum atomic E-state index is 0.657. The van der Waals surface area contributed by atoms with Gasteiger partial charge in [-0.1, -0.05) is 17.7 Å². The molecule has 0 spiro atoms. The van der Waals surface area contributed by atoms with Gasteiger partial charge in [0.05, 0.1) is 0 Å². The third kappa shape index (κ3) is 1.76. The molecule has 2 unspecified atom stereocenters. The molecule has 2 atom stereocenters. The second-order valence-electron chi connectivity index (χ2n) is 5.23. The highest BCUT2D eigenvalue weighted by atomic mass is 35.5. The summed E-state index contributed by atoms with van der Waals surface area (Å²) in [6.45, 7) is 0.786. The van der Waals surface area contributed by atoms with Gasteiger partial charge in [0.1, 0.15) is 0 Å². The molecule has 2 N–H and O–H groups in total. The van der Waals surface area contributed by atoms with Crippen molar-refractivity contribution >= 4 is 11.6 Å². The van der Waals surface area contributed by atoms with E-state index in [1.807, 2.05) is 6.07 Å². The lowest BCUT2D eigenvalue weighted by Crippen LogP contribution is -2.05. The maximum atomic E-state index is 6.10. The van der Waals surface area contributed by atoms with Gasteiger partial charge in [0.15, 0.2) is 0 Å². The van der Waals surface area contributed by atoms with Gasteiger partial charge in [-0.25, -0.2) is 0 Å². The highest BCUT2D eigenvalue weighted by Gasteiger charge is 2.39. The average Bonchev–Trinajstić information content (AvgIpc) is 3.04. The summed E-state index contributed by atoms with van der Waals surface area (Å²) in [6, 6.07) is 6.46. The Balaban J connectivity index is 1.95. The predicted molar refractivity (Wildman–Crippen MR) is 67.9 cm³/mol. The molecule has 3 rings (SSSR count). The molecule has 0 saturated heterocycles. The lowest BCUT2D eigenvalue weighted by molar-refractivity contribution is 0.523. The smallest absolute Gasteiger partial charge is 0.0409 e. The van der Waals surface area contributed by atoms with Crippen LogP contribution in [0, 0.1) is 5.92 Å². The first-order valence-electron chi connectivity index (χ1n) is 6.29. The molecule has 1 nitrogen and oxygen atoms in total. The number of hydrogen-bond acceptors (Lipinski definition) is 1. The van der Waals surface area contributed by atoms with Crippen LogP contribution in [-0.2, 0) is 0 Å². The number of rotatable bonds is 3.